The van der Waals surface area contributed by atoms with Gasteiger partial charge in [0.15, 0.2) is 0 Å². The smallest absolute Gasteiger partial charge is 0.00989 e. The lowest BCUT2D eigenvalue weighted by molar-refractivity contribution is -0.0349. The van der Waals surface area contributed by atoms with Gasteiger partial charge in [-0.15, -0.1) is 0 Å². The van der Waals surface area contributed by atoms with Gasteiger partial charge in [0.2, 0.25) is 0 Å². The van der Waals surface area contributed by atoms with Gasteiger partial charge in [0, 0.05) is 11.5 Å². The first-order chi connectivity index (χ1) is 9.83. The van der Waals surface area contributed by atoms with Gasteiger partial charge in [0.1, 0.15) is 0 Å². The maximum absolute atomic E-state index is 2.57. The van der Waals surface area contributed by atoms with Crippen LogP contribution in [0.2, 0.25) is 0 Å². The van der Waals surface area contributed by atoms with E-state index in [2.05, 4.69) is 49.3 Å². The van der Waals surface area contributed by atoms with E-state index in [4.69, 9.17) is 0 Å². The summed E-state index contributed by atoms with van der Waals surface area (Å²) in [4.78, 5) is 0. The molecule has 0 aromatic rings. The number of rotatable bonds is 5. The Morgan fingerprint density at radius 3 is 1.62 bits per heavy atom. The van der Waals surface area contributed by atoms with E-state index >= 15 is 0 Å². The van der Waals surface area contributed by atoms with Gasteiger partial charge in [-0.1, -0.05) is 49.3 Å². The van der Waals surface area contributed by atoms with Crippen molar-refractivity contribution in [2.45, 2.75) is 72.6 Å². The van der Waals surface area contributed by atoms with E-state index in [1.54, 1.807) is 0 Å². The lowest BCUT2D eigenvalue weighted by Gasteiger charge is -2.55. The van der Waals surface area contributed by atoms with Crippen LogP contribution in [0.5, 0.6) is 0 Å². The number of hydrogen-bond acceptors (Lipinski definition) is 2. The van der Waals surface area contributed by atoms with Gasteiger partial charge in [-0.05, 0) is 78.4 Å². The summed E-state index contributed by atoms with van der Waals surface area (Å²) in [7, 11) is 4.46. The molecule has 2 atom stereocenters. The zero-order chi connectivity index (χ0) is 14.9. The average Bonchev–Trinajstić information content (AvgIpc) is 3.12. The van der Waals surface area contributed by atoms with Crippen LogP contribution in [-0.4, -0.2) is 11.5 Å². The second-order valence-electron chi connectivity index (χ2n) is 9.74. The molecule has 0 radical (unpaired) electrons. The third kappa shape index (κ3) is 1.84. The fourth-order valence-corrected chi connectivity index (χ4v) is 10.3. The highest BCUT2D eigenvalue weighted by Gasteiger charge is 2.64. The van der Waals surface area contributed by atoms with Crippen LogP contribution in [0.4, 0.5) is 0 Å². The van der Waals surface area contributed by atoms with Crippen LogP contribution in [0.1, 0.15) is 72.6 Å². The van der Waals surface area contributed by atoms with E-state index in [1.165, 1.54) is 56.5 Å². The molecule has 0 nitrogen and oxygen atoms in total. The number of fused-ring (bicyclic) bond motifs is 3. The Kier molecular flexibility index (Phi) is 3.35. The molecule has 120 valence electrons. The largest absolute Gasteiger partial charge is 0.0935 e. The predicted octanol–water partition coefficient (Wildman–Crippen LogP) is 6.41. The lowest BCUT2D eigenvalue weighted by Crippen LogP contribution is -2.49. The summed E-state index contributed by atoms with van der Waals surface area (Å²) in [5.74, 6) is 4.91. The molecule has 0 aromatic carbocycles. The molecule has 2 heteroatoms. The molecule has 5 saturated carbocycles. The van der Waals surface area contributed by atoms with Crippen molar-refractivity contribution in [2.24, 2.45) is 33.5 Å². The van der Waals surface area contributed by atoms with E-state index in [0.717, 1.165) is 11.8 Å². The van der Waals surface area contributed by atoms with Gasteiger partial charge < -0.3 is 0 Å². The summed E-state index contributed by atoms with van der Waals surface area (Å²) in [6.45, 7) is 10.2. The van der Waals surface area contributed by atoms with E-state index in [9.17, 15) is 0 Å². The summed E-state index contributed by atoms with van der Waals surface area (Å²) in [5.41, 5.74) is 2.65. The van der Waals surface area contributed by atoms with Gasteiger partial charge in [0.25, 0.3) is 0 Å². The maximum atomic E-state index is 2.57. The zero-order valence-corrected chi connectivity index (χ0v) is 16.0. The van der Waals surface area contributed by atoms with Crippen molar-refractivity contribution in [3.63, 3.8) is 0 Å². The highest BCUT2D eigenvalue weighted by Crippen LogP contribution is 2.72. The fraction of sp³-hybridized carbons (Fsp3) is 1.00. The Bertz CT molecular complexity index is 427. The molecule has 5 fully saturated rings. The fourth-order valence-electron chi connectivity index (χ4n) is 6.56. The summed E-state index contributed by atoms with van der Waals surface area (Å²) in [5, 5.41) is 0. The quantitative estimate of drug-likeness (QED) is 0.423. The van der Waals surface area contributed by atoms with Crippen molar-refractivity contribution in [3.05, 3.63) is 0 Å². The van der Waals surface area contributed by atoms with Gasteiger partial charge in [-0.2, -0.15) is 0 Å². The van der Waals surface area contributed by atoms with Crippen LogP contribution >= 0.6 is 21.6 Å². The second kappa shape index (κ2) is 4.62. The molecule has 0 spiro atoms. The highest BCUT2D eigenvalue weighted by molar-refractivity contribution is 8.76. The summed E-state index contributed by atoms with van der Waals surface area (Å²) < 4.78 is 0. The normalized spacial score (nSPS) is 48.6. The Labute approximate surface area is 139 Å². The summed E-state index contributed by atoms with van der Waals surface area (Å²) in [6, 6.07) is 0. The van der Waals surface area contributed by atoms with Crippen LogP contribution in [-0.2, 0) is 0 Å². The monoisotopic (exact) mass is 324 g/mol. The highest BCUT2D eigenvalue weighted by atomic mass is 33.1. The minimum atomic E-state index is 0.618. The zero-order valence-electron chi connectivity index (χ0n) is 14.3. The van der Waals surface area contributed by atoms with Crippen molar-refractivity contribution in [1.29, 1.82) is 0 Å². The summed E-state index contributed by atoms with van der Waals surface area (Å²) >= 11 is 0. The van der Waals surface area contributed by atoms with Crippen LogP contribution in [0.15, 0.2) is 0 Å². The third-order valence-electron chi connectivity index (χ3n) is 9.08. The second-order valence-corrected chi connectivity index (χ2v) is 12.2. The molecule has 2 unspecified atom stereocenters. The average molecular weight is 325 g/mol. The van der Waals surface area contributed by atoms with Gasteiger partial charge in [-0.25, -0.2) is 0 Å². The molecular formula is C19H32S2. The molecule has 5 rings (SSSR count). The van der Waals surface area contributed by atoms with Crippen LogP contribution < -0.4 is 0 Å². The first kappa shape index (κ1) is 15.2. The predicted molar refractivity (Wildman–Crippen MR) is 96.6 cm³/mol. The minimum Gasteiger partial charge on any atom is -0.0935 e. The standard InChI is InChI=1S/C19H32S2/c1-16(2)14-5-8-18(16,9-6-14)12-20-21-13-19-10-7-15(11-19)17(19,3)4/h14-15H,5-13H2,1-4H3. The Hall–Kier alpha value is 0.700. The van der Waals surface area contributed by atoms with E-state index in [1.807, 2.05) is 0 Å². The topological polar surface area (TPSA) is 0 Å². The van der Waals surface area contributed by atoms with Gasteiger partial charge in [0.05, 0.1) is 0 Å². The minimum absolute atomic E-state index is 0.618. The molecule has 0 amide bonds. The van der Waals surface area contributed by atoms with Crippen molar-refractivity contribution < 1.29 is 0 Å². The molecule has 0 saturated heterocycles. The maximum Gasteiger partial charge on any atom is 0.00989 e. The first-order valence-corrected chi connectivity index (χ1v) is 11.6. The van der Waals surface area contributed by atoms with E-state index in [-0.39, 0.29) is 0 Å². The molecule has 0 aliphatic heterocycles. The molecule has 0 aromatic heterocycles. The Balaban J connectivity index is 1.31. The Morgan fingerprint density at radius 1 is 0.714 bits per heavy atom. The van der Waals surface area contributed by atoms with Crippen molar-refractivity contribution in [2.75, 3.05) is 11.5 Å². The molecule has 0 N–H and O–H groups in total. The van der Waals surface area contributed by atoms with Gasteiger partial charge >= 0.3 is 0 Å². The number of hydrogen-bond donors (Lipinski definition) is 0. The molecule has 0 heterocycles. The molecular weight excluding hydrogens is 292 g/mol. The van der Waals surface area contributed by atoms with Crippen LogP contribution in [0, 0.1) is 33.5 Å². The van der Waals surface area contributed by atoms with Gasteiger partial charge in [-0.3, -0.25) is 0 Å². The first-order valence-electron chi connectivity index (χ1n) is 9.08. The van der Waals surface area contributed by atoms with Crippen molar-refractivity contribution in [3.8, 4) is 0 Å². The lowest BCUT2D eigenvalue weighted by atomic mass is 9.52. The molecule has 5 aliphatic carbocycles. The van der Waals surface area contributed by atoms with Crippen LogP contribution in [0.25, 0.3) is 0 Å². The van der Waals surface area contributed by atoms with Crippen molar-refractivity contribution in [1.82, 2.24) is 0 Å². The van der Waals surface area contributed by atoms with E-state index < -0.39 is 0 Å². The van der Waals surface area contributed by atoms with E-state index in [0.29, 0.717) is 21.7 Å². The van der Waals surface area contributed by atoms with Crippen LogP contribution in [0.3, 0.4) is 0 Å². The molecule has 5 aliphatic rings. The van der Waals surface area contributed by atoms with Crippen molar-refractivity contribution >= 4 is 21.6 Å². The Morgan fingerprint density at radius 2 is 1.19 bits per heavy atom. The molecule has 21 heavy (non-hydrogen) atoms. The molecule has 4 bridgehead atoms. The SMILES string of the molecule is CC1(C)C2CCC1(CSSCC13CCC(C1)C3(C)C)CC2. The summed E-state index contributed by atoms with van der Waals surface area (Å²) in [6.07, 6.45) is 10.6. The third-order valence-corrected chi connectivity index (χ3v) is 11.8.